The lowest BCUT2D eigenvalue weighted by Crippen LogP contribution is -2.21. The van der Waals surface area contributed by atoms with Gasteiger partial charge in [0, 0.05) is 6.07 Å². The average Bonchev–Trinajstić information content (AvgIpc) is 2.32. The quantitative estimate of drug-likeness (QED) is 0.691. The van der Waals surface area contributed by atoms with E-state index in [0.29, 0.717) is 12.7 Å². The summed E-state index contributed by atoms with van der Waals surface area (Å²) in [5.41, 5.74) is 0.902. The zero-order valence-electron chi connectivity index (χ0n) is 7.25. The van der Waals surface area contributed by atoms with Crippen molar-refractivity contribution in [3.63, 3.8) is 0 Å². The Morgan fingerprint density at radius 1 is 1.67 bits per heavy atom. The van der Waals surface area contributed by atoms with Gasteiger partial charge in [-0.2, -0.15) is 0 Å². The van der Waals surface area contributed by atoms with Gasteiger partial charge in [-0.25, -0.2) is 0 Å². The van der Waals surface area contributed by atoms with Crippen LogP contribution in [0.15, 0.2) is 10.6 Å². The maximum Gasteiger partial charge on any atom is 0.134 e. The van der Waals surface area contributed by atoms with Crippen molar-refractivity contribution >= 4 is 0 Å². The molecule has 1 aromatic rings. The molecule has 3 nitrogen and oxygen atoms in total. The molecular formula is C9H13NO2. The number of hydrogen-bond donors (Lipinski definition) is 0. The van der Waals surface area contributed by atoms with E-state index in [1.165, 1.54) is 19.3 Å². The van der Waals surface area contributed by atoms with Crippen molar-refractivity contribution in [1.82, 2.24) is 5.16 Å². The molecule has 3 heteroatoms. The number of nitrogens with zero attached hydrogens (tertiary/aromatic N) is 1. The molecule has 1 saturated carbocycles. The highest BCUT2D eigenvalue weighted by atomic mass is 16.5. The number of rotatable bonds is 3. The molecule has 0 atom stereocenters. The van der Waals surface area contributed by atoms with E-state index in [1.807, 2.05) is 13.0 Å². The maximum atomic E-state index is 5.55. The molecular weight excluding hydrogens is 154 g/mol. The predicted molar refractivity (Wildman–Crippen MR) is 43.7 cm³/mol. The molecule has 1 aromatic heterocycles. The van der Waals surface area contributed by atoms with E-state index in [-0.39, 0.29) is 0 Å². The van der Waals surface area contributed by atoms with Gasteiger partial charge >= 0.3 is 0 Å². The monoisotopic (exact) mass is 167 g/mol. The summed E-state index contributed by atoms with van der Waals surface area (Å²) in [6, 6.07) is 1.92. The summed E-state index contributed by atoms with van der Waals surface area (Å²) in [5.74, 6) is 0.849. The molecule has 2 rings (SSSR count). The third kappa shape index (κ3) is 1.67. The zero-order valence-corrected chi connectivity index (χ0v) is 7.25. The smallest absolute Gasteiger partial charge is 0.134 e. The van der Waals surface area contributed by atoms with Crippen LogP contribution in [-0.4, -0.2) is 11.3 Å². The highest BCUT2D eigenvalue weighted by molar-refractivity contribution is 5.01. The summed E-state index contributed by atoms with van der Waals surface area (Å²) in [6.45, 7) is 2.49. The lowest BCUT2D eigenvalue weighted by atomic mass is 9.96. The molecule has 1 aliphatic rings. The largest absolute Gasteiger partial charge is 0.372 e. The van der Waals surface area contributed by atoms with Crippen molar-refractivity contribution in [3.8, 4) is 0 Å². The van der Waals surface area contributed by atoms with Crippen LogP contribution in [0.3, 0.4) is 0 Å². The molecule has 1 aliphatic carbocycles. The van der Waals surface area contributed by atoms with Crippen molar-refractivity contribution in [2.75, 3.05) is 0 Å². The minimum absolute atomic E-state index is 0.474. The molecule has 12 heavy (non-hydrogen) atoms. The van der Waals surface area contributed by atoms with E-state index in [2.05, 4.69) is 5.16 Å². The summed E-state index contributed by atoms with van der Waals surface area (Å²) in [5, 5.41) is 3.85. The third-order valence-electron chi connectivity index (χ3n) is 2.20. The second-order valence-corrected chi connectivity index (χ2v) is 3.29. The number of ether oxygens (including phenoxy) is 1. The van der Waals surface area contributed by atoms with Crippen LogP contribution in [0.25, 0.3) is 0 Å². The molecule has 0 unspecified atom stereocenters. The van der Waals surface area contributed by atoms with Gasteiger partial charge in [0.05, 0.1) is 12.7 Å². The summed E-state index contributed by atoms with van der Waals surface area (Å²) >= 11 is 0. The molecule has 0 bridgehead atoms. The lowest BCUT2D eigenvalue weighted by Gasteiger charge is -2.24. The highest BCUT2D eigenvalue weighted by Gasteiger charge is 2.18. The third-order valence-corrected chi connectivity index (χ3v) is 2.20. The fourth-order valence-electron chi connectivity index (χ4n) is 1.23. The van der Waals surface area contributed by atoms with Crippen LogP contribution in [0, 0.1) is 6.92 Å². The van der Waals surface area contributed by atoms with Crippen LogP contribution < -0.4 is 0 Å². The molecule has 0 aliphatic heterocycles. The van der Waals surface area contributed by atoms with Gasteiger partial charge < -0.3 is 9.26 Å². The van der Waals surface area contributed by atoms with Gasteiger partial charge in [0.2, 0.25) is 0 Å². The lowest BCUT2D eigenvalue weighted by molar-refractivity contribution is -0.0110. The van der Waals surface area contributed by atoms with Crippen molar-refractivity contribution in [3.05, 3.63) is 17.5 Å². The van der Waals surface area contributed by atoms with Gasteiger partial charge in [0.1, 0.15) is 11.5 Å². The fraction of sp³-hybridized carbons (Fsp3) is 0.667. The van der Waals surface area contributed by atoms with E-state index in [0.717, 1.165) is 11.5 Å². The van der Waals surface area contributed by atoms with Gasteiger partial charge in [-0.3, -0.25) is 0 Å². The van der Waals surface area contributed by atoms with Gasteiger partial charge in [-0.05, 0) is 26.2 Å². The van der Waals surface area contributed by atoms with E-state index in [4.69, 9.17) is 9.26 Å². The summed E-state index contributed by atoms with van der Waals surface area (Å²) in [6.07, 6.45) is 4.19. The molecule has 66 valence electrons. The van der Waals surface area contributed by atoms with Crippen LogP contribution in [0.4, 0.5) is 0 Å². The Hall–Kier alpha value is -0.830. The Morgan fingerprint density at radius 3 is 3.00 bits per heavy atom. The van der Waals surface area contributed by atoms with Gasteiger partial charge in [0.15, 0.2) is 0 Å². The SMILES string of the molecule is Cc1cc(COC2CCC2)no1. The molecule has 0 spiro atoms. The van der Waals surface area contributed by atoms with E-state index >= 15 is 0 Å². The Bertz CT molecular complexity index is 253. The minimum atomic E-state index is 0.474. The summed E-state index contributed by atoms with van der Waals surface area (Å²) in [7, 11) is 0. The molecule has 0 N–H and O–H groups in total. The summed E-state index contributed by atoms with van der Waals surface area (Å²) < 4.78 is 10.5. The Balaban J connectivity index is 1.79. The van der Waals surface area contributed by atoms with Gasteiger partial charge in [0.25, 0.3) is 0 Å². The second-order valence-electron chi connectivity index (χ2n) is 3.29. The summed E-state index contributed by atoms with van der Waals surface area (Å²) in [4.78, 5) is 0. The number of hydrogen-bond acceptors (Lipinski definition) is 3. The Labute approximate surface area is 71.7 Å². The molecule has 0 saturated heterocycles. The van der Waals surface area contributed by atoms with Crippen LogP contribution in [0.2, 0.25) is 0 Å². The molecule has 0 aromatic carbocycles. The van der Waals surface area contributed by atoms with Crippen LogP contribution in [-0.2, 0) is 11.3 Å². The minimum Gasteiger partial charge on any atom is -0.372 e. The van der Waals surface area contributed by atoms with Crippen LogP contribution in [0.5, 0.6) is 0 Å². The topological polar surface area (TPSA) is 35.3 Å². The van der Waals surface area contributed by atoms with Crippen molar-refractivity contribution in [2.24, 2.45) is 0 Å². The van der Waals surface area contributed by atoms with E-state index in [1.54, 1.807) is 0 Å². The van der Waals surface area contributed by atoms with Crippen LogP contribution >= 0.6 is 0 Å². The van der Waals surface area contributed by atoms with Crippen molar-refractivity contribution < 1.29 is 9.26 Å². The average molecular weight is 167 g/mol. The first-order valence-electron chi connectivity index (χ1n) is 4.38. The normalized spacial score (nSPS) is 17.8. The first-order valence-corrected chi connectivity index (χ1v) is 4.38. The molecule has 1 fully saturated rings. The van der Waals surface area contributed by atoms with Crippen molar-refractivity contribution in [1.29, 1.82) is 0 Å². The fourth-order valence-corrected chi connectivity index (χ4v) is 1.23. The number of aromatic nitrogens is 1. The van der Waals surface area contributed by atoms with E-state index in [9.17, 15) is 0 Å². The molecule has 0 amide bonds. The molecule has 1 heterocycles. The van der Waals surface area contributed by atoms with Gasteiger partial charge in [-0.15, -0.1) is 0 Å². The van der Waals surface area contributed by atoms with Gasteiger partial charge in [-0.1, -0.05) is 5.16 Å². The Kier molecular flexibility index (Phi) is 2.13. The first-order chi connectivity index (χ1) is 5.84. The second kappa shape index (κ2) is 3.27. The van der Waals surface area contributed by atoms with Crippen LogP contribution in [0.1, 0.15) is 30.7 Å². The zero-order chi connectivity index (χ0) is 8.39. The first kappa shape index (κ1) is 7.80. The predicted octanol–water partition coefficient (Wildman–Crippen LogP) is 2.05. The highest BCUT2D eigenvalue weighted by Crippen LogP contribution is 2.22. The standard InChI is InChI=1S/C9H13NO2/c1-7-5-8(10-12-7)6-11-9-3-2-4-9/h5,9H,2-4,6H2,1H3. The van der Waals surface area contributed by atoms with E-state index < -0.39 is 0 Å². The molecule has 0 radical (unpaired) electrons. The maximum absolute atomic E-state index is 5.55. The van der Waals surface area contributed by atoms with Crippen molar-refractivity contribution in [2.45, 2.75) is 38.9 Å². The Morgan fingerprint density at radius 2 is 2.50 bits per heavy atom. The number of aryl methyl sites for hydroxylation is 1.